The van der Waals surface area contributed by atoms with Crippen molar-refractivity contribution >= 4 is 22.6 Å². The normalized spacial score (nSPS) is 19.6. The number of nitrogens with zero attached hydrogens (tertiary/aromatic N) is 1. The molecule has 1 atom stereocenters. The number of rotatable bonds is 2. The topological polar surface area (TPSA) is 24.4 Å². The van der Waals surface area contributed by atoms with E-state index in [1.165, 1.54) is 11.8 Å². The number of anilines is 1. The lowest BCUT2D eigenvalue weighted by Crippen LogP contribution is -2.12. The van der Waals surface area contributed by atoms with Crippen LogP contribution in [0.3, 0.4) is 0 Å². The minimum absolute atomic E-state index is 0.139. The van der Waals surface area contributed by atoms with Gasteiger partial charge in [-0.3, -0.25) is 4.99 Å². The molecule has 5 heteroatoms. The van der Waals surface area contributed by atoms with E-state index in [2.05, 4.69) is 24.2 Å². The predicted octanol–water partition coefficient (Wildman–Crippen LogP) is 3.50. The average molecular weight is 256 g/mol. The van der Waals surface area contributed by atoms with Crippen molar-refractivity contribution in [3.63, 3.8) is 0 Å². The lowest BCUT2D eigenvalue weighted by Gasteiger charge is -2.08. The van der Waals surface area contributed by atoms with E-state index in [-0.39, 0.29) is 11.7 Å². The Balaban J connectivity index is 2.11. The second kappa shape index (κ2) is 5.04. The molecular weight excluding hydrogens is 242 g/mol. The zero-order chi connectivity index (χ0) is 12.4. The minimum atomic E-state index is -0.470. The number of amidine groups is 1. The van der Waals surface area contributed by atoms with E-state index in [1.807, 2.05) is 0 Å². The van der Waals surface area contributed by atoms with Gasteiger partial charge in [0.05, 0.1) is 11.7 Å². The quantitative estimate of drug-likeness (QED) is 0.875. The van der Waals surface area contributed by atoms with Crippen LogP contribution in [0.4, 0.5) is 14.5 Å². The highest BCUT2D eigenvalue weighted by Crippen LogP contribution is 2.25. The molecule has 2 rings (SSSR count). The molecule has 1 heterocycles. The van der Waals surface area contributed by atoms with Crippen molar-refractivity contribution in [2.75, 3.05) is 11.1 Å². The third kappa shape index (κ3) is 2.97. The fourth-order valence-electron chi connectivity index (χ4n) is 1.51. The van der Waals surface area contributed by atoms with Crippen LogP contribution < -0.4 is 5.32 Å². The highest BCUT2D eigenvalue weighted by Gasteiger charge is 2.21. The SMILES string of the molecule is CC(C)[C@H]1CSC(Nc2cc(F)ccc2F)=N1. The van der Waals surface area contributed by atoms with Crippen molar-refractivity contribution in [1.82, 2.24) is 0 Å². The van der Waals surface area contributed by atoms with E-state index >= 15 is 0 Å². The number of halogens is 2. The number of thioether (sulfide) groups is 1. The minimum Gasteiger partial charge on any atom is -0.332 e. The van der Waals surface area contributed by atoms with Crippen LogP contribution in [0.25, 0.3) is 0 Å². The second-order valence-electron chi connectivity index (χ2n) is 4.31. The van der Waals surface area contributed by atoms with Crippen molar-refractivity contribution in [2.24, 2.45) is 10.9 Å². The van der Waals surface area contributed by atoms with Gasteiger partial charge in [-0.05, 0) is 18.1 Å². The van der Waals surface area contributed by atoms with Crippen molar-refractivity contribution in [1.29, 1.82) is 0 Å². The first-order chi connectivity index (χ1) is 8.06. The zero-order valence-electron chi connectivity index (χ0n) is 9.71. The van der Waals surface area contributed by atoms with Crippen LogP contribution in [-0.2, 0) is 0 Å². The molecule has 1 aromatic rings. The van der Waals surface area contributed by atoms with E-state index in [1.54, 1.807) is 0 Å². The van der Waals surface area contributed by atoms with Crippen LogP contribution in [0, 0.1) is 17.6 Å². The van der Waals surface area contributed by atoms with Crippen LogP contribution in [0.5, 0.6) is 0 Å². The van der Waals surface area contributed by atoms with Crippen molar-refractivity contribution in [3.8, 4) is 0 Å². The molecular formula is C12H14F2N2S. The summed E-state index contributed by atoms with van der Waals surface area (Å²) in [6, 6.07) is 3.60. The van der Waals surface area contributed by atoms with Gasteiger partial charge in [0, 0.05) is 11.8 Å². The molecule has 0 amide bonds. The smallest absolute Gasteiger partial charge is 0.161 e. The summed E-state index contributed by atoms with van der Waals surface area (Å²) in [5.41, 5.74) is 0.139. The molecule has 2 nitrogen and oxygen atoms in total. The molecule has 0 saturated heterocycles. The number of hydrogen-bond donors (Lipinski definition) is 1. The molecule has 1 aromatic carbocycles. The van der Waals surface area contributed by atoms with E-state index in [9.17, 15) is 8.78 Å². The Morgan fingerprint density at radius 1 is 1.41 bits per heavy atom. The van der Waals surface area contributed by atoms with Gasteiger partial charge in [-0.2, -0.15) is 0 Å². The first-order valence-corrected chi connectivity index (χ1v) is 6.47. The molecule has 17 heavy (non-hydrogen) atoms. The van der Waals surface area contributed by atoms with Crippen molar-refractivity contribution in [3.05, 3.63) is 29.8 Å². The summed E-state index contributed by atoms with van der Waals surface area (Å²) < 4.78 is 26.4. The van der Waals surface area contributed by atoms with Gasteiger partial charge < -0.3 is 5.32 Å². The lowest BCUT2D eigenvalue weighted by atomic mass is 10.1. The fraction of sp³-hybridized carbons (Fsp3) is 0.417. The Labute approximate surface area is 104 Å². The number of aliphatic imine (C=N–C) groups is 1. The molecule has 0 unspecified atom stereocenters. The molecule has 0 saturated carbocycles. The summed E-state index contributed by atoms with van der Waals surface area (Å²) in [5.74, 6) is 0.413. The van der Waals surface area contributed by atoms with Gasteiger partial charge in [-0.15, -0.1) is 0 Å². The van der Waals surface area contributed by atoms with Gasteiger partial charge in [0.15, 0.2) is 5.17 Å². The van der Waals surface area contributed by atoms with Crippen LogP contribution >= 0.6 is 11.8 Å². The molecule has 0 fully saturated rings. The maximum absolute atomic E-state index is 13.4. The van der Waals surface area contributed by atoms with Gasteiger partial charge in [0.1, 0.15) is 11.6 Å². The van der Waals surface area contributed by atoms with E-state index in [4.69, 9.17) is 0 Å². The zero-order valence-corrected chi connectivity index (χ0v) is 10.5. The average Bonchev–Trinajstić information content (AvgIpc) is 2.72. The molecule has 1 aliphatic rings. The van der Waals surface area contributed by atoms with Gasteiger partial charge >= 0.3 is 0 Å². The molecule has 0 aromatic heterocycles. The fourth-order valence-corrected chi connectivity index (χ4v) is 2.69. The summed E-state index contributed by atoms with van der Waals surface area (Å²) in [7, 11) is 0. The second-order valence-corrected chi connectivity index (χ2v) is 5.31. The van der Waals surface area contributed by atoms with E-state index < -0.39 is 11.6 Å². The molecule has 0 bridgehead atoms. The molecule has 0 aliphatic carbocycles. The summed E-state index contributed by atoms with van der Waals surface area (Å²) in [4.78, 5) is 4.43. The largest absolute Gasteiger partial charge is 0.332 e. The maximum Gasteiger partial charge on any atom is 0.161 e. The van der Waals surface area contributed by atoms with Crippen LogP contribution in [-0.4, -0.2) is 17.0 Å². The van der Waals surface area contributed by atoms with Crippen LogP contribution in [0.15, 0.2) is 23.2 Å². The maximum atomic E-state index is 13.4. The number of nitrogens with one attached hydrogen (secondary N) is 1. The highest BCUT2D eigenvalue weighted by molar-refractivity contribution is 8.14. The third-order valence-electron chi connectivity index (χ3n) is 2.61. The number of benzene rings is 1. The molecule has 0 radical (unpaired) electrons. The highest BCUT2D eigenvalue weighted by atomic mass is 32.2. The molecule has 0 spiro atoms. The molecule has 1 N–H and O–H groups in total. The monoisotopic (exact) mass is 256 g/mol. The first kappa shape index (κ1) is 12.4. The predicted molar refractivity (Wildman–Crippen MR) is 68.5 cm³/mol. The summed E-state index contributed by atoms with van der Waals surface area (Å²) in [6.45, 7) is 4.20. The Morgan fingerprint density at radius 3 is 2.82 bits per heavy atom. The standard InChI is InChI=1S/C12H14F2N2S/c1-7(2)11-6-17-12(16-11)15-10-5-8(13)3-4-9(10)14/h3-5,7,11H,6H2,1-2H3,(H,15,16)/t11-/m1/s1. The van der Waals surface area contributed by atoms with Crippen molar-refractivity contribution < 1.29 is 8.78 Å². The van der Waals surface area contributed by atoms with Gasteiger partial charge in [0.25, 0.3) is 0 Å². The third-order valence-corrected chi connectivity index (χ3v) is 3.60. The van der Waals surface area contributed by atoms with Crippen LogP contribution in [0.1, 0.15) is 13.8 Å². The number of hydrogen-bond acceptors (Lipinski definition) is 3. The summed E-state index contributed by atoms with van der Waals surface area (Å²) in [5, 5.41) is 3.49. The van der Waals surface area contributed by atoms with Crippen LogP contribution in [0.2, 0.25) is 0 Å². The molecule has 92 valence electrons. The van der Waals surface area contributed by atoms with Crippen molar-refractivity contribution in [2.45, 2.75) is 19.9 Å². The Bertz CT molecular complexity index is 446. The van der Waals surface area contributed by atoms with Gasteiger partial charge in [-0.25, -0.2) is 8.78 Å². The lowest BCUT2D eigenvalue weighted by molar-refractivity contribution is 0.543. The Hall–Kier alpha value is -1.10. The first-order valence-electron chi connectivity index (χ1n) is 5.49. The summed E-state index contributed by atoms with van der Waals surface area (Å²) >= 11 is 1.54. The van der Waals surface area contributed by atoms with E-state index in [0.29, 0.717) is 11.1 Å². The van der Waals surface area contributed by atoms with E-state index in [0.717, 1.165) is 24.0 Å². The summed E-state index contributed by atoms with van der Waals surface area (Å²) in [6.07, 6.45) is 0. The Kier molecular flexibility index (Phi) is 3.66. The van der Waals surface area contributed by atoms with Gasteiger partial charge in [0.2, 0.25) is 0 Å². The van der Waals surface area contributed by atoms with Gasteiger partial charge in [-0.1, -0.05) is 25.6 Å². The molecule has 1 aliphatic heterocycles. The Morgan fingerprint density at radius 2 is 2.18 bits per heavy atom.